The summed E-state index contributed by atoms with van der Waals surface area (Å²) in [6.07, 6.45) is 0. The fraction of sp³-hybridized carbons (Fsp3) is 0. The third-order valence-electron chi connectivity index (χ3n) is 2.46. The lowest BCUT2D eigenvalue weighted by Gasteiger charge is -2.11. The average molecular weight is 259 g/mol. The van der Waals surface area contributed by atoms with Crippen LogP contribution >= 0.6 is 8.86 Å². The van der Waals surface area contributed by atoms with Crippen molar-refractivity contribution in [3.63, 3.8) is 0 Å². The predicted octanol–water partition coefficient (Wildman–Crippen LogP) is 2.29. The van der Waals surface area contributed by atoms with Gasteiger partial charge in [-0.15, -0.1) is 0 Å². The zero-order valence-electron chi connectivity index (χ0n) is 9.64. The Balaban J connectivity index is 2.24. The Kier molecular flexibility index (Phi) is 3.40. The Hall–Kier alpha value is -2.19. The van der Waals surface area contributed by atoms with E-state index in [1.54, 1.807) is 18.2 Å². The van der Waals surface area contributed by atoms with Gasteiger partial charge < -0.3 is 21.9 Å². The van der Waals surface area contributed by atoms with Gasteiger partial charge in [-0.1, -0.05) is 21.0 Å². The maximum atomic E-state index is 9.71. The average Bonchev–Trinajstić information content (AvgIpc) is 2.34. The molecule has 0 spiro atoms. The standard InChI is InChI=1S/C13H14N3OP/c14-9-3-1-2-8(6-9)13(18)16-11-7-10(15)4-5-12(11)17/h1-7,16-18H,14-15H2. The van der Waals surface area contributed by atoms with Crippen LogP contribution in [-0.2, 0) is 0 Å². The number of nitrogens with one attached hydrogen (secondary N) is 1. The van der Waals surface area contributed by atoms with Gasteiger partial charge in [0.15, 0.2) is 0 Å². The molecule has 0 aliphatic carbocycles. The fourth-order valence-electron chi connectivity index (χ4n) is 1.55. The third kappa shape index (κ3) is 2.73. The molecular weight excluding hydrogens is 245 g/mol. The third-order valence-corrected chi connectivity index (χ3v) is 2.87. The molecule has 5 heteroatoms. The highest BCUT2D eigenvalue weighted by Gasteiger charge is 2.05. The maximum Gasteiger partial charge on any atom is 0.139 e. The van der Waals surface area contributed by atoms with Crippen molar-refractivity contribution in [3.05, 3.63) is 48.0 Å². The topological polar surface area (TPSA) is 84.3 Å². The van der Waals surface area contributed by atoms with Gasteiger partial charge in [-0.2, -0.15) is 0 Å². The first-order valence-electron chi connectivity index (χ1n) is 5.36. The number of nitrogens with two attached hydrogens (primary N) is 2. The SMILES string of the molecule is Nc1cccc(C(=P)Nc2cc(N)ccc2O)c1. The van der Waals surface area contributed by atoms with E-state index in [4.69, 9.17) is 11.5 Å². The quantitative estimate of drug-likeness (QED) is 0.295. The molecule has 4 nitrogen and oxygen atoms in total. The normalized spacial score (nSPS) is 10.0. The van der Waals surface area contributed by atoms with Gasteiger partial charge >= 0.3 is 0 Å². The highest BCUT2D eigenvalue weighted by Crippen LogP contribution is 2.26. The lowest BCUT2D eigenvalue weighted by molar-refractivity contribution is 0.478. The summed E-state index contributed by atoms with van der Waals surface area (Å²) in [6, 6.07) is 12.2. The number of nitrogen functional groups attached to an aromatic ring is 2. The van der Waals surface area contributed by atoms with Gasteiger partial charge in [-0.3, -0.25) is 0 Å². The molecule has 18 heavy (non-hydrogen) atoms. The fourth-order valence-corrected chi connectivity index (χ4v) is 1.84. The molecular formula is C13H14N3OP. The Labute approximate surface area is 107 Å². The van der Waals surface area contributed by atoms with E-state index < -0.39 is 0 Å². The first kappa shape index (κ1) is 12.3. The highest BCUT2D eigenvalue weighted by molar-refractivity contribution is 7.22. The van der Waals surface area contributed by atoms with E-state index in [-0.39, 0.29) is 5.75 Å². The summed E-state index contributed by atoms with van der Waals surface area (Å²) in [5, 5.41) is 12.7. The van der Waals surface area contributed by atoms with E-state index in [0.717, 1.165) is 5.56 Å². The Morgan fingerprint density at radius 3 is 2.50 bits per heavy atom. The van der Waals surface area contributed by atoms with Crippen LogP contribution in [0.2, 0.25) is 0 Å². The molecule has 0 aromatic heterocycles. The molecule has 0 bridgehead atoms. The van der Waals surface area contributed by atoms with Crippen LogP contribution in [0.1, 0.15) is 5.56 Å². The van der Waals surface area contributed by atoms with Crippen molar-refractivity contribution >= 4 is 31.3 Å². The highest BCUT2D eigenvalue weighted by atomic mass is 31.0. The number of benzene rings is 2. The van der Waals surface area contributed by atoms with Gasteiger partial charge in [-0.25, -0.2) is 0 Å². The number of anilines is 3. The minimum Gasteiger partial charge on any atom is -0.506 e. The number of aromatic hydroxyl groups is 1. The molecule has 0 atom stereocenters. The van der Waals surface area contributed by atoms with Crippen molar-refractivity contribution in [2.45, 2.75) is 0 Å². The molecule has 0 amide bonds. The minimum atomic E-state index is 0.129. The summed E-state index contributed by atoms with van der Waals surface area (Å²) in [7, 11) is 3.47. The molecule has 0 saturated heterocycles. The molecule has 0 unspecified atom stereocenters. The van der Waals surface area contributed by atoms with Crippen molar-refractivity contribution in [1.82, 2.24) is 0 Å². The van der Waals surface area contributed by atoms with Crippen LogP contribution in [0.5, 0.6) is 5.75 Å². The number of hydrogen-bond donors (Lipinski definition) is 4. The second kappa shape index (κ2) is 4.98. The molecule has 0 fully saturated rings. The Morgan fingerprint density at radius 2 is 1.78 bits per heavy atom. The van der Waals surface area contributed by atoms with Crippen LogP contribution in [0.4, 0.5) is 17.1 Å². The van der Waals surface area contributed by atoms with E-state index in [9.17, 15) is 5.11 Å². The van der Waals surface area contributed by atoms with Crippen LogP contribution in [-0.4, -0.2) is 10.5 Å². The smallest absolute Gasteiger partial charge is 0.139 e. The van der Waals surface area contributed by atoms with Crippen LogP contribution < -0.4 is 16.8 Å². The molecule has 0 heterocycles. The zero-order chi connectivity index (χ0) is 13.1. The molecule has 92 valence electrons. The second-order valence-corrected chi connectivity index (χ2v) is 4.40. The first-order valence-corrected chi connectivity index (χ1v) is 5.86. The van der Waals surface area contributed by atoms with E-state index in [1.165, 1.54) is 6.07 Å². The van der Waals surface area contributed by atoms with Gasteiger partial charge in [0.1, 0.15) is 5.75 Å². The van der Waals surface area contributed by atoms with Gasteiger partial charge in [0.05, 0.1) is 11.1 Å². The van der Waals surface area contributed by atoms with Crippen molar-refractivity contribution in [2.75, 3.05) is 16.8 Å². The largest absolute Gasteiger partial charge is 0.506 e. The molecule has 0 saturated carbocycles. The van der Waals surface area contributed by atoms with Crippen LogP contribution in [0.3, 0.4) is 0 Å². The summed E-state index contributed by atoms with van der Waals surface area (Å²) >= 11 is 0. The van der Waals surface area contributed by atoms with Gasteiger partial charge in [0.25, 0.3) is 0 Å². The van der Waals surface area contributed by atoms with E-state index in [2.05, 4.69) is 14.2 Å². The molecule has 0 radical (unpaired) electrons. The van der Waals surface area contributed by atoms with Gasteiger partial charge in [0, 0.05) is 16.9 Å². The van der Waals surface area contributed by atoms with Crippen molar-refractivity contribution in [2.24, 2.45) is 0 Å². The van der Waals surface area contributed by atoms with Gasteiger partial charge in [-0.05, 0) is 30.3 Å². The minimum absolute atomic E-state index is 0.129. The molecule has 6 N–H and O–H groups in total. The van der Waals surface area contributed by atoms with Crippen molar-refractivity contribution < 1.29 is 5.11 Å². The molecule has 0 aliphatic heterocycles. The van der Waals surface area contributed by atoms with E-state index in [1.807, 2.05) is 18.2 Å². The molecule has 2 aromatic carbocycles. The number of hydrogen-bond acceptors (Lipinski definition) is 3. The van der Waals surface area contributed by atoms with E-state index in [0.29, 0.717) is 22.5 Å². The lowest BCUT2D eigenvalue weighted by atomic mass is 10.2. The van der Waals surface area contributed by atoms with Crippen LogP contribution in [0, 0.1) is 0 Å². The number of phenolic OH excluding ortho intramolecular Hbond substituents is 1. The summed E-state index contributed by atoms with van der Waals surface area (Å²) in [4.78, 5) is 0. The van der Waals surface area contributed by atoms with E-state index >= 15 is 0 Å². The van der Waals surface area contributed by atoms with Crippen LogP contribution in [0.15, 0.2) is 42.5 Å². The lowest BCUT2D eigenvalue weighted by Crippen LogP contribution is -2.10. The molecule has 2 aromatic rings. The van der Waals surface area contributed by atoms with Crippen molar-refractivity contribution in [1.29, 1.82) is 0 Å². The summed E-state index contributed by atoms with van der Waals surface area (Å²) in [5.74, 6) is 0.129. The summed E-state index contributed by atoms with van der Waals surface area (Å²) in [5.41, 5.74) is 14.7. The van der Waals surface area contributed by atoms with Crippen LogP contribution in [0.25, 0.3) is 0 Å². The maximum absolute atomic E-state index is 9.71. The summed E-state index contributed by atoms with van der Waals surface area (Å²) in [6.45, 7) is 0. The first-order chi connectivity index (χ1) is 8.56. The second-order valence-electron chi connectivity index (χ2n) is 3.90. The molecule has 2 rings (SSSR count). The van der Waals surface area contributed by atoms with Gasteiger partial charge in [0.2, 0.25) is 0 Å². The Bertz CT molecular complexity index is 599. The van der Waals surface area contributed by atoms with Crippen molar-refractivity contribution in [3.8, 4) is 5.75 Å². The number of phenols is 1. The zero-order valence-corrected chi connectivity index (χ0v) is 10.6. The number of rotatable bonds is 3. The molecule has 0 aliphatic rings. The Morgan fingerprint density at radius 1 is 1.06 bits per heavy atom. The monoisotopic (exact) mass is 259 g/mol. The summed E-state index contributed by atoms with van der Waals surface area (Å²) < 4.78 is 0. The predicted molar refractivity (Wildman–Crippen MR) is 79.4 cm³/mol.